The SMILES string of the molecule is C=C(C(=O)OCC)C(C)(C)N(C)C1COC1.CC. The van der Waals surface area contributed by atoms with Crippen molar-refractivity contribution in [1.82, 2.24) is 4.90 Å². The van der Waals surface area contributed by atoms with E-state index in [1.54, 1.807) is 6.92 Å². The third kappa shape index (κ3) is 3.82. The van der Waals surface area contributed by atoms with Crippen LogP contribution in [-0.2, 0) is 14.3 Å². The van der Waals surface area contributed by atoms with E-state index in [2.05, 4.69) is 11.5 Å². The summed E-state index contributed by atoms with van der Waals surface area (Å²) in [6, 6.07) is 0.362. The molecule has 4 heteroatoms. The standard InChI is InChI=1S/C12H21NO3.C2H6/c1-6-16-11(14)9(2)12(3,4)13(5)10-7-15-8-10;1-2/h10H,2,6-8H2,1,3-5H3;1-2H3. The van der Waals surface area contributed by atoms with E-state index < -0.39 is 5.54 Å². The Kier molecular flexibility index (Phi) is 7.18. The van der Waals surface area contributed by atoms with Crippen LogP contribution in [0.5, 0.6) is 0 Å². The first-order valence-electron chi connectivity index (χ1n) is 6.58. The van der Waals surface area contributed by atoms with Crippen molar-refractivity contribution in [2.24, 2.45) is 0 Å². The van der Waals surface area contributed by atoms with E-state index >= 15 is 0 Å². The summed E-state index contributed by atoms with van der Waals surface area (Å²) in [5.41, 5.74) is 0.0875. The van der Waals surface area contributed by atoms with Gasteiger partial charge in [0.2, 0.25) is 0 Å². The molecular weight excluding hydrogens is 230 g/mol. The Hall–Kier alpha value is -0.870. The second kappa shape index (κ2) is 7.54. The zero-order valence-electron chi connectivity index (χ0n) is 12.6. The van der Waals surface area contributed by atoms with Gasteiger partial charge in [-0.25, -0.2) is 4.79 Å². The molecule has 0 saturated carbocycles. The smallest absolute Gasteiger partial charge is 0.335 e. The van der Waals surface area contributed by atoms with Crippen LogP contribution in [0.25, 0.3) is 0 Å². The van der Waals surface area contributed by atoms with Crippen LogP contribution < -0.4 is 0 Å². The van der Waals surface area contributed by atoms with Gasteiger partial charge in [-0.05, 0) is 27.8 Å². The Morgan fingerprint density at radius 1 is 1.44 bits per heavy atom. The molecule has 1 heterocycles. The lowest BCUT2D eigenvalue weighted by atomic mass is 9.91. The second-order valence-electron chi connectivity index (χ2n) is 4.56. The van der Waals surface area contributed by atoms with E-state index in [4.69, 9.17) is 9.47 Å². The maximum atomic E-state index is 11.6. The molecule has 0 atom stereocenters. The van der Waals surface area contributed by atoms with Crippen LogP contribution in [0.15, 0.2) is 12.2 Å². The van der Waals surface area contributed by atoms with Gasteiger partial charge in [0.15, 0.2) is 0 Å². The van der Waals surface area contributed by atoms with Gasteiger partial charge in [-0.2, -0.15) is 0 Å². The molecule has 0 radical (unpaired) electrons. The molecule has 1 fully saturated rings. The number of hydrogen-bond donors (Lipinski definition) is 0. The zero-order chi connectivity index (χ0) is 14.3. The molecule has 0 aromatic carbocycles. The van der Waals surface area contributed by atoms with Crippen molar-refractivity contribution < 1.29 is 14.3 Å². The molecule has 0 bridgehead atoms. The Labute approximate surface area is 111 Å². The van der Waals surface area contributed by atoms with Crippen molar-refractivity contribution in [2.45, 2.75) is 46.2 Å². The van der Waals surface area contributed by atoms with Crippen LogP contribution in [0, 0.1) is 0 Å². The average Bonchev–Trinajstić information content (AvgIpc) is 2.28. The Bertz CT molecular complexity index is 283. The predicted octanol–water partition coefficient (Wildman–Crippen LogP) is 2.24. The van der Waals surface area contributed by atoms with E-state index in [0.717, 1.165) is 13.2 Å². The number of ether oxygens (including phenoxy) is 2. The average molecular weight is 257 g/mol. The van der Waals surface area contributed by atoms with E-state index in [9.17, 15) is 4.79 Å². The minimum absolute atomic E-state index is 0.320. The van der Waals surface area contributed by atoms with Crippen molar-refractivity contribution in [3.63, 3.8) is 0 Å². The lowest BCUT2D eigenvalue weighted by Gasteiger charge is -2.44. The summed E-state index contributed by atoms with van der Waals surface area (Å²) in [4.78, 5) is 13.8. The van der Waals surface area contributed by atoms with Crippen LogP contribution in [0.4, 0.5) is 0 Å². The number of nitrogens with zero attached hydrogens (tertiary/aromatic N) is 1. The first-order valence-corrected chi connectivity index (χ1v) is 6.58. The number of likely N-dealkylation sites (N-methyl/N-ethyl adjacent to an activating group) is 1. The van der Waals surface area contributed by atoms with Crippen molar-refractivity contribution in [2.75, 3.05) is 26.9 Å². The molecule has 1 aliphatic rings. The van der Waals surface area contributed by atoms with Crippen LogP contribution in [-0.4, -0.2) is 49.3 Å². The molecule has 106 valence electrons. The van der Waals surface area contributed by atoms with E-state index in [-0.39, 0.29) is 5.97 Å². The molecule has 0 aromatic rings. The summed E-state index contributed by atoms with van der Waals surface area (Å²) < 4.78 is 10.1. The molecule has 0 spiro atoms. The highest BCUT2D eigenvalue weighted by atomic mass is 16.5. The largest absolute Gasteiger partial charge is 0.463 e. The van der Waals surface area contributed by atoms with Crippen molar-refractivity contribution in [1.29, 1.82) is 0 Å². The number of carbonyl (C=O) groups excluding carboxylic acids is 1. The van der Waals surface area contributed by atoms with E-state index in [1.807, 2.05) is 34.7 Å². The third-order valence-electron chi connectivity index (χ3n) is 3.31. The quantitative estimate of drug-likeness (QED) is 0.559. The number of rotatable bonds is 5. The Balaban J connectivity index is 0.00000137. The molecule has 1 aliphatic heterocycles. The van der Waals surface area contributed by atoms with Gasteiger partial charge in [-0.15, -0.1) is 0 Å². The Morgan fingerprint density at radius 2 is 1.94 bits per heavy atom. The van der Waals surface area contributed by atoms with Crippen LogP contribution in [0.3, 0.4) is 0 Å². The summed E-state index contributed by atoms with van der Waals surface area (Å²) in [5.74, 6) is -0.320. The van der Waals surface area contributed by atoms with Crippen LogP contribution >= 0.6 is 0 Å². The molecule has 1 rings (SSSR count). The van der Waals surface area contributed by atoms with Gasteiger partial charge in [-0.1, -0.05) is 20.4 Å². The molecule has 18 heavy (non-hydrogen) atoms. The minimum Gasteiger partial charge on any atom is -0.463 e. The van der Waals surface area contributed by atoms with E-state index in [0.29, 0.717) is 18.2 Å². The molecule has 0 amide bonds. The van der Waals surface area contributed by atoms with E-state index in [1.165, 1.54) is 0 Å². The van der Waals surface area contributed by atoms with Gasteiger partial charge in [-0.3, -0.25) is 4.90 Å². The highest BCUT2D eigenvalue weighted by Gasteiger charge is 2.38. The number of carbonyl (C=O) groups is 1. The molecule has 0 unspecified atom stereocenters. The lowest BCUT2D eigenvalue weighted by Crippen LogP contribution is -2.57. The summed E-state index contributed by atoms with van der Waals surface area (Å²) in [6.07, 6.45) is 0. The van der Waals surface area contributed by atoms with Gasteiger partial charge in [0.25, 0.3) is 0 Å². The Morgan fingerprint density at radius 3 is 2.28 bits per heavy atom. The molecule has 1 saturated heterocycles. The zero-order valence-corrected chi connectivity index (χ0v) is 12.6. The van der Waals surface area contributed by atoms with Crippen molar-refractivity contribution in [3.05, 3.63) is 12.2 Å². The van der Waals surface area contributed by atoms with Crippen molar-refractivity contribution in [3.8, 4) is 0 Å². The van der Waals surface area contributed by atoms with Gasteiger partial charge in [0.05, 0.1) is 25.9 Å². The summed E-state index contributed by atoms with van der Waals surface area (Å²) in [6.45, 7) is 15.4. The third-order valence-corrected chi connectivity index (χ3v) is 3.31. The minimum atomic E-state index is -0.402. The fourth-order valence-corrected chi connectivity index (χ4v) is 1.58. The normalized spacial score (nSPS) is 15.5. The molecule has 4 nitrogen and oxygen atoms in total. The van der Waals surface area contributed by atoms with Crippen LogP contribution in [0.2, 0.25) is 0 Å². The first kappa shape index (κ1) is 17.1. The summed E-state index contributed by atoms with van der Waals surface area (Å²) in [7, 11) is 1.98. The highest BCUT2D eigenvalue weighted by molar-refractivity contribution is 5.90. The highest BCUT2D eigenvalue weighted by Crippen LogP contribution is 2.26. The lowest BCUT2D eigenvalue weighted by molar-refractivity contribution is -0.141. The van der Waals surface area contributed by atoms with Gasteiger partial charge < -0.3 is 9.47 Å². The molecule has 0 aromatic heterocycles. The fraction of sp³-hybridized carbons (Fsp3) is 0.786. The maximum absolute atomic E-state index is 11.6. The number of esters is 1. The van der Waals surface area contributed by atoms with Crippen LogP contribution in [0.1, 0.15) is 34.6 Å². The maximum Gasteiger partial charge on any atom is 0.335 e. The first-order chi connectivity index (χ1) is 8.41. The molecule has 0 aliphatic carbocycles. The van der Waals surface area contributed by atoms with Crippen molar-refractivity contribution >= 4 is 5.97 Å². The van der Waals surface area contributed by atoms with Gasteiger partial charge in [0.1, 0.15) is 0 Å². The molecular formula is C14H27NO3. The fourth-order valence-electron chi connectivity index (χ4n) is 1.58. The summed E-state index contributed by atoms with van der Waals surface area (Å²) >= 11 is 0. The predicted molar refractivity (Wildman–Crippen MR) is 73.6 cm³/mol. The topological polar surface area (TPSA) is 38.8 Å². The van der Waals surface area contributed by atoms with Gasteiger partial charge >= 0.3 is 5.97 Å². The van der Waals surface area contributed by atoms with Gasteiger partial charge in [0, 0.05) is 11.1 Å². The second-order valence-corrected chi connectivity index (χ2v) is 4.56. The molecule has 0 N–H and O–H groups in total. The number of hydrogen-bond acceptors (Lipinski definition) is 4. The monoisotopic (exact) mass is 257 g/mol. The summed E-state index contributed by atoms with van der Waals surface area (Å²) in [5, 5.41) is 0.